The molecule has 4 rings (SSSR count). The number of nitrogen functional groups attached to an aromatic ring is 1. The number of benzene rings is 3. The lowest BCUT2D eigenvalue weighted by molar-refractivity contribution is 0.0948. The number of ether oxygens (including phenoxy) is 1. The molecule has 0 aliphatic carbocycles. The Bertz CT molecular complexity index is 1380. The average molecular weight is 458 g/mol. The minimum Gasteiger partial charge on any atom is -0.398 e. The number of aromatic nitrogens is 2. The van der Waals surface area contributed by atoms with Gasteiger partial charge in [-0.05, 0) is 66.9 Å². The highest BCUT2D eigenvalue weighted by Crippen LogP contribution is 2.23. The van der Waals surface area contributed by atoms with Gasteiger partial charge in [-0.1, -0.05) is 18.2 Å². The molecule has 34 heavy (non-hydrogen) atoms. The van der Waals surface area contributed by atoms with Gasteiger partial charge in [0, 0.05) is 30.5 Å². The van der Waals surface area contributed by atoms with Crippen LogP contribution in [0, 0.1) is 13.8 Å². The third-order valence-electron chi connectivity index (χ3n) is 5.53. The molecule has 0 saturated heterocycles. The molecule has 4 aromatic rings. The number of hydrogen-bond donors (Lipinski definition) is 4. The van der Waals surface area contributed by atoms with E-state index < -0.39 is 0 Å². The zero-order chi connectivity index (χ0) is 24.2. The molecule has 0 radical (unpaired) electrons. The summed E-state index contributed by atoms with van der Waals surface area (Å²) in [5, 5.41) is 5.81. The van der Waals surface area contributed by atoms with Crippen molar-refractivity contribution < 1.29 is 14.3 Å². The fraction of sp³-hybridized carbons (Fsp3) is 0.192. The zero-order valence-corrected chi connectivity index (χ0v) is 19.4. The molecule has 3 aromatic carbocycles. The molecule has 0 aliphatic rings. The van der Waals surface area contributed by atoms with Crippen LogP contribution in [-0.2, 0) is 17.9 Å². The van der Waals surface area contributed by atoms with E-state index in [1.807, 2.05) is 44.2 Å². The lowest BCUT2D eigenvalue weighted by atomic mass is 10.0. The van der Waals surface area contributed by atoms with Crippen LogP contribution >= 0.6 is 0 Å². The smallest absolute Gasteiger partial charge is 0.256 e. The molecular weight excluding hydrogens is 430 g/mol. The predicted molar refractivity (Wildman–Crippen MR) is 133 cm³/mol. The average Bonchev–Trinajstić information content (AvgIpc) is 3.19. The van der Waals surface area contributed by atoms with Crippen molar-refractivity contribution in [3.63, 3.8) is 0 Å². The van der Waals surface area contributed by atoms with Gasteiger partial charge in [-0.2, -0.15) is 0 Å². The van der Waals surface area contributed by atoms with Crippen LogP contribution in [0.25, 0.3) is 11.0 Å². The monoisotopic (exact) mass is 457 g/mol. The Hall–Kier alpha value is -4.17. The molecule has 0 fully saturated rings. The Morgan fingerprint density at radius 2 is 1.85 bits per heavy atom. The van der Waals surface area contributed by atoms with Gasteiger partial charge in [0.1, 0.15) is 11.3 Å². The Labute approximate surface area is 197 Å². The number of H-pyrrole nitrogens is 1. The largest absolute Gasteiger partial charge is 0.398 e. The number of aromatic amines is 1. The van der Waals surface area contributed by atoms with Crippen LogP contribution in [0.4, 0.5) is 11.4 Å². The van der Waals surface area contributed by atoms with E-state index in [9.17, 15) is 9.59 Å². The summed E-state index contributed by atoms with van der Waals surface area (Å²) >= 11 is 0. The normalized spacial score (nSPS) is 10.9. The Kier molecular flexibility index (Phi) is 6.60. The van der Waals surface area contributed by atoms with Crippen molar-refractivity contribution in [3.8, 4) is 0 Å². The van der Waals surface area contributed by atoms with Crippen LogP contribution in [0.15, 0.2) is 54.6 Å². The van der Waals surface area contributed by atoms with E-state index in [2.05, 4.69) is 20.6 Å². The van der Waals surface area contributed by atoms with E-state index in [-0.39, 0.29) is 18.4 Å². The fourth-order valence-electron chi connectivity index (χ4n) is 3.83. The minimum atomic E-state index is -0.306. The lowest BCUT2D eigenvalue weighted by Gasteiger charge is -2.13. The molecule has 0 atom stereocenters. The Morgan fingerprint density at radius 1 is 1.03 bits per heavy atom. The number of anilines is 2. The van der Waals surface area contributed by atoms with E-state index in [0.717, 1.165) is 22.5 Å². The minimum absolute atomic E-state index is 0.181. The van der Waals surface area contributed by atoms with Gasteiger partial charge in [0.2, 0.25) is 0 Å². The number of hydrogen-bond acceptors (Lipinski definition) is 5. The topological polar surface area (TPSA) is 122 Å². The number of methoxy groups -OCH3 is 1. The number of carbonyl (C=O) groups excluding carboxylic acids is 2. The summed E-state index contributed by atoms with van der Waals surface area (Å²) in [5.74, 6) is 0.195. The van der Waals surface area contributed by atoms with Gasteiger partial charge in [-0.3, -0.25) is 9.59 Å². The summed E-state index contributed by atoms with van der Waals surface area (Å²) in [6.07, 6.45) is 0. The summed E-state index contributed by atoms with van der Waals surface area (Å²) in [6.45, 7) is 4.31. The number of nitrogens with two attached hydrogens (primary N) is 1. The number of imidazole rings is 1. The molecule has 5 N–H and O–H groups in total. The first-order valence-corrected chi connectivity index (χ1v) is 10.9. The molecule has 8 heteroatoms. The molecule has 0 bridgehead atoms. The third-order valence-corrected chi connectivity index (χ3v) is 5.53. The number of aryl methyl sites for hydroxylation is 2. The molecule has 1 aromatic heterocycles. The van der Waals surface area contributed by atoms with Crippen LogP contribution in [0.5, 0.6) is 0 Å². The van der Waals surface area contributed by atoms with Gasteiger partial charge in [0.15, 0.2) is 0 Å². The van der Waals surface area contributed by atoms with Crippen molar-refractivity contribution in [1.82, 2.24) is 15.3 Å². The van der Waals surface area contributed by atoms with E-state index in [1.54, 1.807) is 31.4 Å². The third kappa shape index (κ3) is 4.92. The highest BCUT2D eigenvalue weighted by atomic mass is 16.5. The maximum absolute atomic E-state index is 13.1. The van der Waals surface area contributed by atoms with Crippen LogP contribution < -0.4 is 16.4 Å². The van der Waals surface area contributed by atoms with E-state index >= 15 is 0 Å². The summed E-state index contributed by atoms with van der Waals surface area (Å²) < 4.78 is 5.29. The summed E-state index contributed by atoms with van der Waals surface area (Å²) in [6, 6.07) is 16.2. The van der Waals surface area contributed by atoms with Crippen LogP contribution in [0.2, 0.25) is 0 Å². The SMILES string of the molecule is COCc1cc(C(=O)NCc2ccc(C)cc2N)ccc1C(=O)Nc1cccc2[nH]c(C)nc12. The van der Waals surface area contributed by atoms with Gasteiger partial charge in [-0.25, -0.2) is 4.98 Å². The number of carbonyl (C=O) groups is 2. The van der Waals surface area contributed by atoms with Gasteiger partial charge in [0.25, 0.3) is 11.8 Å². The number of amides is 2. The summed E-state index contributed by atoms with van der Waals surface area (Å²) in [5.41, 5.74) is 12.2. The second kappa shape index (κ2) is 9.76. The van der Waals surface area contributed by atoms with Crippen LogP contribution in [0.3, 0.4) is 0 Å². The highest BCUT2D eigenvalue weighted by molar-refractivity contribution is 6.09. The number of fused-ring (bicyclic) bond motifs is 1. The number of para-hydroxylation sites is 1. The van der Waals surface area contributed by atoms with Crippen LogP contribution in [0.1, 0.15) is 43.2 Å². The van der Waals surface area contributed by atoms with Crippen LogP contribution in [-0.4, -0.2) is 28.9 Å². The van der Waals surface area contributed by atoms with Gasteiger partial charge >= 0.3 is 0 Å². The van der Waals surface area contributed by atoms with Gasteiger partial charge < -0.3 is 26.1 Å². The van der Waals surface area contributed by atoms with Gasteiger partial charge in [0.05, 0.1) is 17.8 Å². The maximum Gasteiger partial charge on any atom is 0.256 e. The summed E-state index contributed by atoms with van der Waals surface area (Å²) in [7, 11) is 1.54. The molecule has 174 valence electrons. The molecule has 0 spiro atoms. The lowest BCUT2D eigenvalue weighted by Crippen LogP contribution is -2.24. The molecule has 0 unspecified atom stereocenters. The van der Waals surface area contributed by atoms with Crippen molar-refractivity contribution in [1.29, 1.82) is 0 Å². The highest BCUT2D eigenvalue weighted by Gasteiger charge is 2.17. The maximum atomic E-state index is 13.1. The second-order valence-corrected chi connectivity index (χ2v) is 8.17. The quantitative estimate of drug-likeness (QED) is 0.311. The fourth-order valence-corrected chi connectivity index (χ4v) is 3.83. The van der Waals surface area contributed by atoms with E-state index in [0.29, 0.717) is 40.1 Å². The molecule has 1 heterocycles. The summed E-state index contributed by atoms with van der Waals surface area (Å²) in [4.78, 5) is 33.5. The Balaban J connectivity index is 1.53. The number of rotatable bonds is 7. The molecular formula is C26H27N5O3. The van der Waals surface area contributed by atoms with Crippen molar-refractivity contribution in [2.24, 2.45) is 0 Å². The standard InChI is InChI=1S/C26H27N5O3/c1-15-7-8-18(21(27)11-15)13-28-25(32)17-9-10-20(19(12-17)14-34-3)26(33)31-23-6-4-5-22-24(23)30-16(2)29-22/h4-12H,13-14,27H2,1-3H3,(H,28,32)(H,29,30)(H,31,33). The number of nitrogens with zero attached hydrogens (tertiary/aromatic N) is 1. The molecule has 0 aliphatic heterocycles. The number of nitrogens with one attached hydrogen (secondary N) is 3. The van der Waals surface area contributed by atoms with E-state index in [4.69, 9.17) is 10.5 Å². The first-order valence-electron chi connectivity index (χ1n) is 10.9. The first kappa shape index (κ1) is 23.0. The second-order valence-electron chi connectivity index (χ2n) is 8.17. The van der Waals surface area contributed by atoms with Crippen molar-refractivity contribution in [2.45, 2.75) is 27.0 Å². The first-order chi connectivity index (χ1) is 16.4. The molecule has 2 amide bonds. The Morgan fingerprint density at radius 3 is 2.62 bits per heavy atom. The van der Waals surface area contributed by atoms with E-state index in [1.165, 1.54) is 0 Å². The van der Waals surface area contributed by atoms with Gasteiger partial charge in [-0.15, -0.1) is 0 Å². The van der Waals surface area contributed by atoms with Crippen molar-refractivity contribution >= 4 is 34.2 Å². The molecule has 0 saturated carbocycles. The molecule has 8 nitrogen and oxygen atoms in total. The predicted octanol–water partition coefficient (Wildman–Crippen LogP) is 4.09. The zero-order valence-electron chi connectivity index (χ0n) is 19.4. The van der Waals surface area contributed by atoms with Crippen molar-refractivity contribution in [3.05, 3.63) is 88.2 Å². The van der Waals surface area contributed by atoms with Crippen molar-refractivity contribution in [2.75, 3.05) is 18.2 Å².